The van der Waals surface area contributed by atoms with Gasteiger partial charge in [-0.25, -0.2) is 4.98 Å². The molecule has 17 heavy (non-hydrogen) atoms. The largest absolute Gasteiger partial charge is 0.468 e. The molecule has 0 fully saturated rings. The Morgan fingerprint density at radius 3 is 2.76 bits per heavy atom. The lowest BCUT2D eigenvalue weighted by Gasteiger charge is -2.13. The molecule has 0 aliphatic heterocycles. The Kier molecular flexibility index (Phi) is 4.71. The maximum atomic E-state index is 12.0. The van der Waals surface area contributed by atoms with Gasteiger partial charge in [0.1, 0.15) is 0 Å². The highest BCUT2D eigenvalue weighted by atomic mass is 19.4. The summed E-state index contributed by atoms with van der Waals surface area (Å²) in [7, 11) is 0. The van der Waals surface area contributed by atoms with E-state index in [0.717, 1.165) is 0 Å². The lowest BCUT2D eigenvalue weighted by atomic mass is 10.1. The fourth-order valence-electron chi connectivity index (χ4n) is 1.21. The Labute approximate surface area is 96.2 Å². The zero-order valence-corrected chi connectivity index (χ0v) is 8.94. The molecule has 0 aromatic carbocycles. The first-order chi connectivity index (χ1) is 7.92. The van der Waals surface area contributed by atoms with E-state index in [1.807, 2.05) is 0 Å². The molecule has 0 spiro atoms. The minimum atomic E-state index is -4.41. The van der Waals surface area contributed by atoms with Gasteiger partial charge in [0.15, 0.2) is 6.61 Å². The molecule has 1 aromatic rings. The van der Waals surface area contributed by atoms with Crippen LogP contribution in [0.2, 0.25) is 0 Å². The zero-order valence-electron chi connectivity index (χ0n) is 8.94. The highest BCUT2D eigenvalue weighted by Crippen LogP contribution is 2.20. The van der Waals surface area contributed by atoms with Gasteiger partial charge in [0.05, 0.1) is 6.61 Å². The van der Waals surface area contributed by atoms with Crippen molar-refractivity contribution in [1.29, 1.82) is 0 Å². The van der Waals surface area contributed by atoms with Gasteiger partial charge in [-0.3, -0.25) is 0 Å². The molecule has 0 saturated heterocycles. The molecule has 4 nitrogen and oxygen atoms in total. The molecule has 0 radical (unpaired) electrons. The lowest BCUT2D eigenvalue weighted by Crippen LogP contribution is -2.27. The van der Waals surface area contributed by atoms with E-state index in [4.69, 9.17) is 10.8 Å². The van der Waals surface area contributed by atoms with Crippen LogP contribution in [0.15, 0.2) is 18.3 Å². The molecule has 1 rings (SSSR count). The van der Waals surface area contributed by atoms with Gasteiger partial charge in [-0.2, -0.15) is 13.2 Å². The molecular weight excluding hydrogens is 237 g/mol. The van der Waals surface area contributed by atoms with Gasteiger partial charge < -0.3 is 15.6 Å². The number of aromatic nitrogens is 1. The van der Waals surface area contributed by atoms with Crippen LogP contribution in [-0.4, -0.2) is 35.5 Å². The third-order valence-electron chi connectivity index (χ3n) is 1.94. The maximum absolute atomic E-state index is 12.0. The number of aliphatic hydroxyl groups is 1. The summed E-state index contributed by atoms with van der Waals surface area (Å²) in [5.41, 5.74) is 5.94. The molecule has 96 valence electrons. The number of ether oxygens (including phenoxy) is 1. The van der Waals surface area contributed by atoms with Crippen molar-refractivity contribution in [3.63, 3.8) is 0 Å². The first kappa shape index (κ1) is 13.7. The van der Waals surface area contributed by atoms with Crippen LogP contribution in [0.4, 0.5) is 13.2 Å². The molecule has 0 bridgehead atoms. The first-order valence-electron chi connectivity index (χ1n) is 4.92. The van der Waals surface area contributed by atoms with Crippen molar-refractivity contribution in [3.05, 3.63) is 23.9 Å². The van der Waals surface area contributed by atoms with Gasteiger partial charge in [0.25, 0.3) is 0 Å². The minimum Gasteiger partial charge on any atom is -0.468 e. The molecule has 0 saturated carbocycles. The third kappa shape index (κ3) is 5.01. The van der Waals surface area contributed by atoms with Crippen molar-refractivity contribution in [3.8, 4) is 5.88 Å². The number of hydrogen-bond acceptors (Lipinski definition) is 4. The van der Waals surface area contributed by atoms with Gasteiger partial charge >= 0.3 is 6.18 Å². The van der Waals surface area contributed by atoms with Gasteiger partial charge in [-0.15, -0.1) is 0 Å². The predicted octanol–water partition coefficient (Wildman–Crippen LogP) is 0.885. The van der Waals surface area contributed by atoms with Crippen molar-refractivity contribution < 1.29 is 23.0 Å². The standard InChI is InChI=1S/C10H13F3N2O2/c11-10(12,13)6-17-9-7(2-1-3-15-9)4-8(14)5-16/h1-3,8,16H,4-6,14H2. The summed E-state index contributed by atoms with van der Waals surface area (Å²) in [6.45, 7) is -1.65. The Hall–Kier alpha value is -1.34. The molecule has 0 aliphatic carbocycles. The van der Waals surface area contributed by atoms with Crippen LogP contribution < -0.4 is 10.5 Å². The van der Waals surface area contributed by atoms with E-state index in [0.29, 0.717) is 5.56 Å². The zero-order chi connectivity index (χ0) is 12.9. The van der Waals surface area contributed by atoms with Gasteiger partial charge in [-0.05, 0) is 12.5 Å². The van der Waals surface area contributed by atoms with E-state index in [9.17, 15) is 13.2 Å². The predicted molar refractivity (Wildman–Crippen MR) is 54.6 cm³/mol. The van der Waals surface area contributed by atoms with Crippen LogP contribution >= 0.6 is 0 Å². The van der Waals surface area contributed by atoms with Crippen molar-refractivity contribution >= 4 is 0 Å². The van der Waals surface area contributed by atoms with Crippen molar-refractivity contribution in [2.45, 2.75) is 18.6 Å². The topological polar surface area (TPSA) is 68.4 Å². The molecule has 1 heterocycles. The summed E-state index contributed by atoms with van der Waals surface area (Å²) < 4.78 is 40.5. The number of aliphatic hydroxyl groups excluding tert-OH is 1. The van der Waals surface area contributed by atoms with Gasteiger partial charge in [-0.1, -0.05) is 6.07 Å². The molecule has 3 N–H and O–H groups in total. The molecule has 7 heteroatoms. The highest BCUT2D eigenvalue weighted by Gasteiger charge is 2.29. The van der Waals surface area contributed by atoms with Crippen LogP contribution in [-0.2, 0) is 6.42 Å². The molecule has 0 aliphatic rings. The number of nitrogens with two attached hydrogens (primary N) is 1. The summed E-state index contributed by atoms with van der Waals surface area (Å²) in [4.78, 5) is 3.71. The van der Waals surface area contributed by atoms with Crippen LogP contribution in [0.1, 0.15) is 5.56 Å². The minimum absolute atomic E-state index is 0.103. The summed E-state index contributed by atoms with van der Waals surface area (Å²) in [6.07, 6.45) is -2.87. The van der Waals surface area contributed by atoms with E-state index in [-0.39, 0.29) is 18.9 Å². The summed E-state index contributed by atoms with van der Waals surface area (Å²) >= 11 is 0. The number of hydrogen-bond donors (Lipinski definition) is 2. The normalized spacial score (nSPS) is 13.5. The maximum Gasteiger partial charge on any atom is 0.422 e. The van der Waals surface area contributed by atoms with Crippen LogP contribution in [0, 0.1) is 0 Å². The van der Waals surface area contributed by atoms with Gasteiger partial charge in [0.2, 0.25) is 5.88 Å². The second kappa shape index (κ2) is 5.83. The smallest absolute Gasteiger partial charge is 0.422 e. The Balaban J connectivity index is 2.70. The summed E-state index contributed by atoms with van der Waals surface area (Å²) in [6, 6.07) is 2.58. The average Bonchev–Trinajstić information content (AvgIpc) is 2.26. The number of alkyl halides is 3. The number of halogens is 3. The first-order valence-corrected chi connectivity index (χ1v) is 4.92. The fraction of sp³-hybridized carbons (Fsp3) is 0.500. The summed E-state index contributed by atoms with van der Waals surface area (Å²) in [5, 5.41) is 8.78. The van der Waals surface area contributed by atoms with E-state index in [2.05, 4.69) is 9.72 Å². The third-order valence-corrected chi connectivity index (χ3v) is 1.94. The number of rotatable bonds is 5. The van der Waals surface area contributed by atoms with E-state index in [1.54, 1.807) is 12.1 Å². The average molecular weight is 250 g/mol. The summed E-state index contributed by atoms with van der Waals surface area (Å²) in [5.74, 6) is -0.103. The van der Waals surface area contributed by atoms with E-state index < -0.39 is 18.8 Å². The van der Waals surface area contributed by atoms with Crippen LogP contribution in [0.5, 0.6) is 5.88 Å². The molecule has 1 aromatic heterocycles. The van der Waals surface area contributed by atoms with E-state index in [1.165, 1.54) is 6.20 Å². The Morgan fingerprint density at radius 1 is 1.47 bits per heavy atom. The molecule has 1 unspecified atom stereocenters. The number of nitrogens with zero attached hydrogens (tertiary/aromatic N) is 1. The molecule has 0 amide bonds. The fourth-order valence-corrected chi connectivity index (χ4v) is 1.21. The van der Waals surface area contributed by atoms with Gasteiger partial charge in [0, 0.05) is 17.8 Å². The molecule has 1 atom stereocenters. The lowest BCUT2D eigenvalue weighted by molar-refractivity contribution is -0.154. The van der Waals surface area contributed by atoms with Crippen molar-refractivity contribution in [1.82, 2.24) is 4.98 Å². The van der Waals surface area contributed by atoms with Crippen LogP contribution in [0.3, 0.4) is 0 Å². The number of pyridine rings is 1. The quantitative estimate of drug-likeness (QED) is 0.814. The SMILES string of the molecule is NC(CO)Cc1cccnc1OCC(F)(F)F. The Morgan fingerprint density at radius 2 is 2.18 bits per heavy atom. The monoisotopic (exact) mass is 250 g/mol. The van der Waals surface area contributed by atoms with Crippen molar-refractivity contribution in [2.24, 2.45) is 5.73 Å². The second-order valence-electron chi connectivity index (χ2n) is 3.52. The highest BCUT2D eigenvalue weighted by molar-refractivity contribution is 5.26. The van der Waals surface area contributed by atoms with Crippen molar-refractivity contribution in [2.75, 3.05) is 13.2 Å². The Bertz CT molecular complexity index is 358. The second-order valence-corrected chi connectivity index (χ2v) is 3.52. The van der Waals surface area contributed by atoms with Crippen LogP contribution in [0.25, 0.3) is 0 Å². The van der Waals surface area contributed by atoms with E-state index >= 15 is 0 Å². The molecular formula is C10H13F3N2O2.